The first-order chi connectivity index (χ1) is 15.7. The van der Waals surface area contributed by atoms with Crippen LogP contribution in [0.2, 0.25) is 5.02 Å². The number of hydrogen-bond acceptors (Lipinski definition) is 1. The number of nitrogens with zero attached hydrogens (tertiary/aromatic N) is 1. The Morgan fingerprint density at radius 2 is 1.70 bits per heavy atom. The quantitative estimate of drug-likeness (QED) is 0.370. The Bertz CT molecular complexity index is 1080. The van der Waals surface area contributed by atoms with Crippen molar-refractivity contribution in [2.75, 3.05) is 6.38 Å². The normalized spacial score (nSPS) is 14.8. The topological polar surface area (TPSA) is 42.2 Å². The number of alkyl halides is 4. The van der Waals surface area contributed by atoms with E-state index >= 15 is 0 Å². The number of carboxylic acid groups (broad SMARTS) is 1. The molecule has 4 rings (SSSR count). The highest BCUT2D eigenvalue weighted by Crippen LogP contribution is 2.41. The second kappa shape index (κ2) is 11.6. The average molecular weight is 500 g/mol. The molecule has 0 bridgehead atoms. The minimum Gasteiger partial charge on any atom is -0.478 e. The predicted molar refractivity (Wildman–Crippen MR) is 128 cm³/mol. The van der Waals surface area contributed by atoms with Gasteiger partial charge in [-0.1, -0.05) is 43.6 Å². The zero-order valence-electron chi connectivity index (χ0n) is 18.6. The van der Waals surface area contributed by atoms with Gasteiger partial charge in [0.15, 0.2) is 0 Å². The van der Waals surface area contributed by atoms with Gasteiger partial charge in [0.05, 0.1) is 17.2 Å². The van der Waals surface area contributed by atoms with E-state index in [4.69, 9.17) is 11.6 Å². The van der Waals surface area contributed by atoms with Gasteiger partial charge in [0, 0.05) is 22.8 Å². The fourth-order valence-electron chi connectivity index (χ4n) is 3.91. The number of fused-ring (bicyclic) bond motifs is 1. The van der Waals surface area contributed by atoms with Crippen molar-refractivity contribution in [3.63, 3.8) is 0 Å². The zero-order chi connectivity index (χ0) is 24.8. The van der Waals surface area contributed by atoms with E-state index in [0.29, 0.717) is 16.3 Å². The first kappa shape index (κ1) is 26.8. The molecule has 1 aromatic heterocycles. The van der Waals surface area contributed by atoms with Crippen molar-refractivity contribution in [1.82, 2.24) is 4.57 Å². The van der Waals surface area contributed by atoms with Crippen molar-refractivity contribution >= 4 is 29.2 Å². The van der Waals surface area contributed by atoms with Crippen molar-refractivity contribution in [3.8, 4) is 16.9 Å². The summed E-state index contributed by atoms with van der Waals surface area (Å²) in [6.07, 6.45) is -2.56. The summed E-state index contributed by atoms with van der Waals surface area (Å²) in [5.74, 6) is -2.42. The SMILES string of the molecule is CC.CCl.O=C(O)c1cccc(-n2c(-c3ccc(Cl)cc3)cc3c2CCC(C(F)(F)F)C3)c1. The standard InChI is InChI=1S/C22H17ClF3NO2.C2H6.CH3Cl/c23-17-7-4-13(5-8-17)20-12-15-10-16(22(24,25)26)6-9-19(15)27(20)18-3-1-2-14(11-18)21(28)29;2*1-2/h1-5,7-8,11-12,16H,6,9-10H2,(H,28,29);1-2H3;1H3. The summed E-state index contributed by atoms with van der Waals surface area (Å²) >= 11 is 10.6. The maximum absolute atomic E-state index is 13.3. The number of hydrogen-bond donors (Lipinski definition) is 1. The molecule has 0 saturated carbocycles. The van der Waals surface area contributed by atoms with Gasteiger partial charge >= 0.3 is 12.1 Å². The molecule has 0 amide bonds. The van der Waals surface area contributed by atoms with Crippen LogP contribution < -0.4 is 0 Å². The monoisotopic (exact) mass is 499 g/mol. The van der Waals surface area contributed by atoms with Crippen LogP contribution in [0.4, 0.5) is 13.2 Å². The van der Waals surface area contributed by atoms with E-state index in [-0.39, 0.29) is 24.8 Å². The molecule has 3 aromatic rings. The Hall–Kier alpha value is -2.44. The molecule has 1 N–H and O–H groups in total. The molecule has 0 fully saturated rings. The van der Waals surface area contributed by atoms with Gasteiger partial charge in [-0.3, -0.25) is 0 Å². The smallest absolute Gasteiger partial charge is 0.392 e. The number of halogens is 5. The van der Waals surface area contributed by atoms with Gasteiger partial charge in [-0.15, -0.1) is 11.6 Å². The Balaban J connectivity index is 0.000000914. The zero-order valence-corrected chi connectivity index (χ0v) is 20.1. The molecular weight excluding hydrogens is 474 g/mol. The third-order valence-electron chi connectivity index (χ3n) is 5.34. The molecule has 0 saturated heterocycles. The fourth-order valence-corrected chi connectivity index (χ4v) is 4.04. The molecule has 2 aromatic carbocycles. The van der Waals surface area contributed by atoms with Gasteiger partial charge in [0.2, 0.25) is 0 Å². The van der Waals surface area contributed by atoms with Gasteiger partial charge < -0.3 is 9.67 Å². The van der Waals surface area contributed by atoms with E-state index in [9.17, 15) is 23.1 Å². The maximum Gasteiger partial charge on any atom is 0.392 e. The van der Waals surface area contributed by atoms with Crippen molar-refractivity contribution in [2.45, 2.75) is 39.3 Å². The molecule has 33 heavy (non-hydrogen) atoms. The number of aromatic carboxylic acids is 1. The second-order valence-corrected chi connectivity index (χ2v) is 7.62. The van der Waals surface area contributed by atoms with Crippen molar-refractivity contribution < 1.29 is 23.1 Å². The van der Waals surface area contributed by atoms with Crippen LogP contribution in [0.5, 0.6) is 0 Å². The van der Waals surface area contributed by atoms with Crippen LogP contribution in [0, 0.1) is 5.92 Å². The number of carboxylic acids is 1. The number of carbonyl (C=O) groups is 1. The summed E-state index contributed by atoms with van der Waals surface area (Å²) in [5, 5.41) is 9.89. The summed E-state index contributed by atoms with van der Waals surface area (Å²) in [7, 11) is 0. The van der Waals surface area contributed by atoms with E-state index < -0.39 is 18.1 Å². The van der Waals surface area contributed by atoms with Gasteiger partial charge in [0.25, 0.3) is 0 Å². The predicted octanol–water partition coefficient (Wildman–Crippen LogP) is 8.04. The van der Waals surface area contributed by atoms with E-state index in [1.54, 1.807) is 30.3 Å². The molecule has 1 aliphatic rings. The summed E-state index contributed by atoms with van der Waals surface area (Å²) < 4.78 is 41.7. The van der Waals surface area contributed by atoms with Crippen LogP contribution in [-0.4, -0.2) is 28.2 Å². The summed E-state index contributed by atoms with van der Waals surface area (Å²) in [4.78, 5) is 11.4. The lowest BCUT2D eigenvalue weighted by Gasteiger charge is -2.26. The first-order valence-corrected chi connectivity index (χ1v) is 11.6. The fraction of sp³-hybridized carbons (Fsp3) is 0.320. The van der Waals surface area contributed by atoms with Gasteiger partial charge in [-0.05, 0) is 66.8 Å². The molecule has 178 valence electrons. The molecule has 1 atom stereocenters. The highest BCUT2D eigenvalue weighted by molar-refractivity contribution is 6.30. The lowest BCUT2D eigenvalue weighted by Crippen LogP contribution is -2.29. The Morgan fingerprint density at radius 3 is 2.27 bits per heavy atom. The van der Waals surface area contributed by atoms with Crippen molar-refractivity contribution in [1.29, 1.82) is 0 Å². The van der Waals surface area contributed by atoms with Crippen LogP contribution in [-0.2, 0) is 12.8 Å². The van der Waals surface area contributed by atoms with Crippen LogP contribution in [0.25, 0.3) is 16.9 Å². The van der Waals surface area contributed by atoms with Gasteiger partial charge in [-0.2, -0.15) is 13.2 Å². The van der Waals surface area contributed by atoms with E-state index in [0.717, 1.165) is 17.0 Å². The average Bonchev–Trinajstić information content (AvgIpc) is 3.20. The van der Waals surface area contributed by atoms with Gasteiger partial charge in [0.1, 0.15) is 0 Å². The van der Waals surface area contributed by atoms with E-state index in [2.05, 4.69) is 11.6 Å². The van der Waals surface area contributed by atoms with E-state index in [1.165, 1.54) is 18.5 Å². The largest absolute Gasteiger partial charge is 0.478 e. The minimum absolute atomic E-state index is 0.0131. The molecule has 3 nitrogen and oxygen atoms in total. The van der Waals surface area contributed by atoms with E-state index in [1.807, 2.05) is 30.5 Å². The second-order valence-electron chi connectivity index (χ2n) is 7.18. The van der Waals surface area contributed by atoms with Crippen molar-refractivity contribution in [2.24, 2.45) is 5.92 Å². The highest BCUT2D eigenvalue weighted by Gasteiger charge is 2.42. The van der Waals surface area contributed by atoms with Crippen LogP contribution >= 0.6 is 23.2 Å². The third kappa shape index (κ3) is 6.12. The minimum atomic E-state index is -4.23. The Kier molecular flexibility index (Phi) is 9.44. The molecule has 0 radical (unpaired) electrons. The molecule has 1 aliphatic carbocycles. The molecule has 0 spiro atoms. The molecule has 8 heteroatoms. The lowest BCUT2D eigenvalue weighted by atomic mass is 9.87. The molecule has 0 aliphatic heterocycles. The highest BCUT2D eigenvalue weighted by atomic mass is 35.5. The lowest BCUT2D eigenvalue weighted by molar-refractivity contribution is -0.177. The van der Waals surface area contributed by atoms with Crippen LogP contribution in [0.15, 0.2) is 54.6 Å². The number of rotatable bonds is 3. The van der Waals surface area contributed by atoms with Crippen LogP contribution in [0.1, 0.15) is 41.9 Å². The Labute approximate surface area is 201 Å². The maximum atomic E-state index is 13.3. The molecule has 1 heterocycles. The van der Waals surface area contributed by atoms with Crippen molar-refractivity contribution in [3.05, 3.63) is 76.4 Å². The summed E-state index contributed by atoms with van der Waals surface area (Å²) in [5.41, 5.74) is 3.69. The molecular formula is C25H26Cl2F3NO2. The number of benzene rings is 2. The first-order valence-electron chi connectivity index (χ1n) is 10.5. The molecule has 1 unspecified atom stereocenters. The summed E-state index contributed by atoms with van der Waals surface area (Å²) in [6.45, 7) is 4.00. The van der Waals surface area contributed by atoms with Crippen LogP contribution in [0.3, 0.4) is 0 Å². The van der Waals surface area contributed by atoms with Gasteiger partial charge in [-0.25, -0.2) is 4.79 Å². The Morgan fingerprint density at radius 1 is 1.06 bits per heavy atom. The summed E-state index contributed by atoms with van der Waals surface area (Å²) in [6, 6.07) is 15.3. The third-order valence-corrected chi connectivity index (χ3v) is 5.59. The number of aromatic nitrogens is 1.